The van der Waals surface area contributed by atoms with Crippen LogP contribution in [0.4, 0.5) is 17.6 Å². The van der Waals surface area contributed by atoms with Crippen LogP contribution < -0.4 is 5.73 Å². The summed E-state index contributed by atoms with van der Waals surface area (Å²) in [6.45, 7) is 0.772. The van der Waals surface area contributed by atoms with Crippen LogP contribution in [-0.2, 0) is 0 Å². The molecule has 1 fully saturated rings. The molecule has 1 heterocycles. The van der Waals surface area contributed by atoms with Crippen LogP contribution in [0.3, 0.4) is 0 Å². The zero-order chi connectivity index (χ0) is 10.2. The molecule has 2 N–H and O–H groups in total. The summed E-state index contributed by atoms with van der Waals surface area (Å²) < 4.78 is 49.2. The molecular formula is C7H12F4N2. The lowest BCUT2D eigenvalue weighted by atomic mass is 10.2. The second-order valence-electron chi connectivity index (χ2n) is 3.35. The Morgan fingerprint density at radius 3 is 2.23 bits per heavy atom. The van der Waals surface area contributed by atoms with E-state index in [1.54, 1.807) is 0 Å². The Hall–Kier alpha value is -0.360. The molecule has 0 amide bonds. The summed E-state index contributed by atoms with van der Waals surface area (Å²) in [5, 5.41) is 0. The third-order valence-electron chi connectivity index (χ3n) is 2.34. The fourth-order valence-electron chi connectivity index (χ4n) is 1.34. The van der Waals surface area contributed by atoms with Crippen molar-refractivity contribution in [2.24, 2.45) is 5.73 Å². The number of hydrogen-bond donors (Lipinski definition) is 1. The number of likely N-dealkylation sites (tertiary alicyclic amines) is 1. The molecule has 0 aliphatic carbocycles. The predicted molar refractivity (Wildman–Crippen MR) is 40.0 cm³/mol. The highest BCUT2D eigenvalue weighted by atomic mass is 19.4. The van der Waals surface area contributed by atoms with Crippen LogP contribution in [0.25, 0.3) is 0 Å². The number of rotatable bonds is 1. The number of alkyl halides is 4. The van der Waals surface area contributed by atoms with Crippen LogP contribution in [-0.4, -0.2) is 42.4 Å². The molecule has 0 bridgehead atoms. The SMILES string of the molecule is CC(N1CC(N)C(F)C1)C(F)(F)F. The van der Waals surface area contributed by atoms with Gasteiger partial charge in [-0.2, -0.15) is 13.2 Å². The molecule has 0 saturated carbocycles. The van der Waals surface area contributed by atoms with E-state index in [1.807, 2.05) is 0 Å². The average Bonchev–Trinajstić information content (AvgIpc) is 2.29. The van der Waals surface area contributed by atoms with E-state index < -0.39 is 24.4 Å². The molecule has 78 valence electrons. The summed E-state index contributed by atoms with van der Waals surface area (Å²) in [5.74, 6) is 0. The third kappa shape index (κ3) is 2.31. The lowest BCUT2D eigenvalue weighted by Crippen LogP contribution is -2.43. The van der Waals surface area contributed by atoms with Gasteiger partial charge in [0, 0.05) is 19.1 Å². The van der Waals surface area contributed by atoms with E-state index >= 15 is 0 Å². The van der Waals surface area contributed by atoms with Gasteiger partial charge < -0.3 is 5.73 Å². The van der Waals surface area contributed by atoms with E-state index in [0.717, 1.165) is 11.8 Å². The van der Waals surface area contributed by atoms with Gasteiger partial charge in [-0.1, -0.05) is 0 Å². The molecule has 0 radical (unpaired) electrons. The fraction of sp³-hybridized carbons (Fsp3) is 1.00. The largest absolute Gasteiger partial charge is 0.403 e. The molecule has 0 spiro atoms. The van der Waals surface area contributed by atoms with Crippen LogP contribution in [0, 0.1) is 0 Å². The minimum absolute atomic E-state index is 0.0259. The van der Waals surface area contributed by atoms with Crippen molar-refractivity contribution in [3.8, 4) is 0 Å². The van der Waals surface area contributed by atoms with Crippen molar-refractivity contribution in [1.29, 1.82) is 0 Å². The van der Waals surface area contributed by atoms with Crippen LogP contribution in [0.5, 0.6) is 0 Å². The Labute approximate surface area is 73.7 Å². The predicted octanol–water partition coefficient (Wildman–Crippen LogP) is 0.918. The van der Waals surface area contributed by atoms with E-state index in [-0.39, 0.29) is 13.1 Å². The first-order valence-corrected chi connectivity index (χ1v) is 4.03. The summed E-state index contributed by atoms with van der Waals surface area (Å²) in [5.41, 5.74) is 5.27. The minimum atomic E-state index is -4.30. The van der Waals surface area contributed by atoms with Gasteiger partial charge in [0.1, 0.15) is 12.2 Å². The average molecular weight is 200 g/mol. The van der Waals surface area contributed by atoms with Gasteiger partial charge in [-0.3, -0.25) is 4.90 Å². The third-order valence-corrected chi connectivity index (χ3v) is 2.34. The molecule has 13 heavy (non-hydrogen) atoms. The second kappa shape index (κ2) is 3.42. The van der Waals surface area contributed by atoms with Crippen molar-refractivity contribution in [3.05, 3.63) is 0 Å². The van der Waals surface area contributed by atoms with Gasteiger partial charge in [0.25, 0.3) is 0 Å². The van der Waals surface area contributed by atoms with Crippen LogP contribution in [0.15, 0.2) is 0 Å². The fourth-order valence-corrected chi connectivity index (χ4v) is 1.34. The van der Waals surface area contributed by atoms with Crippen molar-refractivity contribution in [2.45, 2.75) is 31.4 Å². The van der Waals surface area contributed by atoms with Crippen molar-refractivity contribution >= 4 is 0 Å². The molecule has 3 unspecified atom stereocenters. The molecule has 1 aliphatic rings. The quantitative estimate of drug-likeness (QED) is 0.638. The van der Waals surface area contributed by atoms with Gasteiger partial charge >= 0.3 is 6.18 Å². The highest BCUT2D eigenvalue weighted by molar-refractivity contribution is 4.90. The van der Waals surface area contributed by atoms with Crippen LogP contribution in [0.2, 0.25) is 0 Å². The summed E-state index contributed by atoms with van der Waals surface area (Å²) in [4.78, 5) is 1.02. The lowest BCUT2D eigenvalue weighted by Gasteiger charge is -2.25. The molecule has 1 saturated heterocycles. The Balaban J connectivity index is 2.56. The number of nitrogens with two attached hydrogens (primary N) is 1. The Morgan fingerprint density at radius 1 is 1.38 bits per heavy atom. The maximum absolute atomic E-state index is 12.8. The van der Waals surface area contributed by atoms with E-state index in [1.165, 1.54) is 0 Å². The maximum Gasteiger partial charge on any atom is 0.403 e. The normalized spacial score (nSPS) is 33.7. The van der Waals surface area contributed by atoms with Gasteiger partial charge in [0.05, 0.1) is 0 Å². The Morgan fingerprint density at radius 2 is 1.92 bits per heavy atom. The molecule has 3 atom stereocenters. The van der Waals surface area contributed by atoms with Crippen molar-refractivity contribution in [3.63, 3.8) is 0 Å². The van der Waals surface area contributed by atoms with Crippen molar-refractivity contribution < 1.29 is 17.6 Å². The second-order valence-corrected chi connectivity index (χ2v) is 3.35. The van der Waals surface area contributed by atoms with Crippen LogP contribution in [0.1, 0.15) is 6.92 Å². The summed E-state index contributed by atoms with van der Waals surface area (Å²) in [6.07, 6.45) is -5.64. The standard InChI is InChI=1S/C7H12F4N2/c1-4(7(9,10)11)13-2-5(8)6(12)3-13/h4-6H,2-3,12H2,1H3. The molecule has 0 aromatic carbocycles. The molecular weight excluding hydrogens is 188 g/mol. The van der Waals surface area contributed by atoms with E-state index in [9.17, 15) is 17.6 Å². The smallest absolute Gasteiger partial charge is 0.324 e. The number of nitrogens with zero attached hydrogens (tertiary/aromatic N) is 1. The molecule has 6 heteroatoms. The van der Waals surface area contributed by atoms with Gasteiger partial charge in [-0.05, 0) is 6.92 Å². The number of halogens is 4. The Bertz CT molecular complexity index is 172. The molecule has 0 aromatic rings. The first-order chi connectivity index (χ1) is 5.82. The van der Waals surface area contributed by atoms with Crippen LogP contribution >= 0.6 is 0 Å². The summed E-state index contributed by atoms with van der Waals surface area (Å²) in [7, 11) is 0. The van der Waals surface area contributed by atoms with Gasteiger partial charge in [0.15, 0.2) is 0 Å². The zero-order valence-electron chi connectivity index (χ0n) is 7.18. The van der Waals surface area contributed by atoms with Gasteiger partial charge in [0.2, 0.25) is 0 Å². The highest BCUT2D eigenvalue weighted by Crippen LogP contribution is 2.27. The minimum Gasteiger partial charge on any atom is -0.324 e. The zero-order valence-corrected chi connectivity index (χ0v) is 7.18. The first kappa shape index (κ1) is 10.7. The highest BCUT2D eigenvalue weighted by Gasteiger charge is 2.44. The maximum atomic E-state index is 12.8. The monoisotopic (exact) mass is 200 g/mol. The topological polar surface area (TPSA) is 29.3 Å². The lowest BCUT2D eigenvalue weighted by molar-refractivity contribution is -0.176. The van der Waals surface area contributed by atoms with Gasteiger partial charge in [-0.15, -0.1) is 0 Å². The van der Waals surface area contributed by atoms with E-state index in [2.05, 4.69) is 0 Å². The van der Waals surface area contributed by atoms with Gasteiger partial charge in [-0.25, -0.2) is 4.39 Å². The summed E-state index contributed by atoms with van der Waals surface area (Å²) >= 11 is 0. The van der Waals surface area contributed by atoms with E-state index in [4.69, 9.17) is 5.73 Å². The Kier molecular flexibility index (Phi) is 2.82. The molecule has 0 aromatic heterocycles. The van der Waals surface area contributed by atoms with Crippen molar-refractivity contribution in [2.75, 3.05) is 13.1 Å². The number of hydrogen-bond acceptors (Lipinski definition) is 2. The van der Waals surface area contributed by atoms with E-state index in [0.29, 0.717) is 0 Å². The molecule has 1 aliphatic heterocycles. The van der Waals surface area contributed by atoms with Crippen molar-refractivity contribution in [1.82, 2.24) is 4.90 Å². The molecule has 1 rings (SSSR count). The first-order valence-electron chi connectivity index (χ1n) is 4.03. The summed E-state index contributed by atoms with van der Waals surface area (Å²) in [6, 6.07) is -2.40. The molecule has 2 nitrogen and oxygen atoms in total.